The summed E-state index contributed by atoms with van der Waals surface area (Å²) in [6.45, 7) is 1.22. The van der Waals surface area contributed by atoms with E-state index in [1.54, 1.807) is 18.4 Å². The van der Waals surface area contributed by atoms with Crippen molar-refractivity contribution in [3.05, 3.63) is 65.2 Å². The smallest absolute Gasteiger partial charge is 0.322 e. The molecule has 3 heterocycles. The zero-order valence-corrected chi connectivity index (χ0v) is 16.6. The van der Waals surface area contributed by atoms with Gasteiger partial charge in [0.2, 0.25) is 4.96 Å². The van der Waals surface area contributed by atoms with E-state index in [0.717, 1.165) is 39.0 Å². The zero-order chi connectivity index (χ0) is 19.8. The summed E-state index contributed by atoms with van der Waals surface area (Å²) in [6.07, 6.45) is 0.753. The van der Waals surface area contributed by atoms with Crippen molar-refractivity contribution in [1.29, 1.82) is 0 Å². The highest BCUT2D eigenvalue weighted by atomic mass is 32.1. The van der Waals surface area contributed by atoms with Crippen molar-refractivity contribution in [3.8, 4) is 17.1 Å². The number of amides is 2. The van der Waals surface area contributed by atoms with E-state index in [1.165, 1.54) is 0 Å². The van der Waals surface area contributed by atoms with Crippen molar-refractivity contribution in [3.63, 3.8) is 0 Å². The normalized spacial score (nSPS) is 13.3. The molecule has 8 heteroatoms. The number of ether oxygens (including phenoxy) is 1. The molecule has 5 rings (SSSR count). The number of carbonyl (C=O) groups excluding carboxylic acids is 1. The molecule has 4 aromatic rings. The van der Waals surface area contributed by atoms with Gasteiger partial charge in [0.05, 0.1) is 19.3 Å². The second-order valence-electron chi connectivity index (χ2n) is 6.80. The molecule has 1 aliphatic rings. The first-order valence-corrected chi connectivity index (χ1v) is 10.2. The molecule has 0 saturated carbocycles. The lowest BCUT2D eigenvalue weighted by Gasteiger charge is -2.26. The predicted octanol–water partition coefficient (Wildman–Crippen LogP) is 4.06. The first kappa shape index (κ1) is 17.7. The van der Waals surface area contributed by atoms with Crippen LogP contribution in [0.2, 0.25) is 0 Å². The maximum Gasteiger partial charge on any atom is 0.322 e. The molecule has 146 valence electrons. The van der Waals surface area contributed by atoms with Crippen LogP contribution in [0.3, 0.4) is 0 Å². The minimum atomic E-state index is -0.0835. The van der Waals surface area contributed by atoms with Crippen molar-refractivity contribution in [1.82, 2.24) is 19.5 Å². The second-order valence-corrected chi connectivity index (χ2v) is 7.86. The standard InChI is InChI=1S/C21H19N5O2S/c1-28-16-9-7-14(8-10-16)19-23-21-26(24-19)17-11-12-25(13-18(17)29-21)20(27)22-15-5-3-2-4-6-15/h2-10H,11-13H2,1H3,(H,22,27). The first-order valence-electron chi connectivity index (χ1n) is 9.34. The van der Waals surface area contributed by atoms with Crippen LogP contribution in [0.4, 0.5) is 10.5 Å². The number of carbonyl (C=O) groups is 1. The van der Waals surface area contributed by atoms with Gasteiger partial charge in [-0.3, -0.25) is 0 Å². The van der Waals surface area contributed by atoms with Gasteiger partial charge in [-0.15, -0.1) is 5.10 Å². The highest BCUT2D eigenvalue weighted by Gasteiger charge is 2.26. The third kappa shape index (κ3) is 3.31. The van der Waals surface area contributed by atoms with Crippen LogP contribution in [-0.4, -0.2) is 39.2 Å². The fourth-order valence-corrected chi connectivity index (χ4v) is 4.57. The van der Waals surface area contributed by atoms with E-state index in [0.29, 0.717) is 18.9 Å². The molecule has 2 aromatic heterocycles. The molecule has 0 aliphatic carbocycles. The molecule has 0 spiro atoms. The van der Waals surface area contributed by atoms with Crippen LogP contribution >= 0.6 is 11.3 Å². The number of hydrogen-bond acceptors (Lipinski definition) is 5. The van der Waals surface area contributed by atoms with Crippen LogP contribution < -0.4 is 10.1 Å². The number of hydrogen-bond donors (Lipinski definition) is 1. The molecule has 7 nitrogen and oxygen atoms in total. The maximum absolute atomic E-state index is 12.6. The third-order valence-electron chi connectivity index (χ3n) is 4.98. The van der Waals surface area contributed by atoms with Crippen LogP contribution in [-0.2, 0) is 13.0 Å². The van der Waals surface area contributed by atoms with Crippen molar-refractivity contribution < 1.29 is 9.53 Å². The SMILES string of the molecule is COc1ccc(-c2nc3sc4c(n3n2)CCN(C(=O)Nc2ccccc2)C4)cc1. The van der Waals surface area contributed by atoms with Gasteiger partial charge in [0, 0.05) is 29.1 Å². The van der Waals surface area contributed by atoms with Crippen molar-refractivity contribution in [2.24, 2.45) is 0 Å². The van der Waals surface area contributed by atoms with Gasteiger partial charge in [-0.05, 0) is 36.4 Å². The molecule has 2 aromatic carbocycles. The Bertz CT molecular complexity index is 1170. The molecular weight excluding hydrogens is 386 g/mol. The number of rotatable bonds is 3. The predicted molar refractivity (Wildman–Crippen MR) is 112 cm³/mol. The van der Waals surface area contributed by atoms with Crippen molar-refractivity contribution in [2.75, 3.05) is 19.0 Å². The summed E-state index contributed by atoms with van der Waals surface area (Å²) in [4.78, 5) is 21.1. The van der Waals surface area contributed by atoms with Gasteiger partial charge in [0.25, 0.3) is 0 Å². The van der Waals surface area contributed by atoms with Crippen LogP contribution in [0.15, 0.2) is 54.6 Å². The summed E-state index contributed by atoms with van der Waals surface area (Å²) in [5, 5.41) is 7.66. The van der Waals surface area contributed by atoms with E-state index in [9.17, 15) is 4.79 Å². The Labute approximate surface area is 171 Å². The number of nitrogens with zero attached hydrogens (tertiary/aromatic N) is 4. The van der Waals surface area contributed by atoms with Gasteiger partial charge in [0.1, 0.15) is 5.75 Å². The molecule has 0 atom stereocenters. The second kappa shape index (κ2) is 7.21. The van der Waals surface area contributed by atoms with Crippen LogP contribution in [0.5, 0.6) is 5.75 Å². The molecule has 29 heavy (non-hydrogen) atoms. The van der Waals surface area contributed by atoms with Gasteiger partial charge < -0.3 is 15.0 Å². The molecule has 1 aliphatic heterocycles. The van der Waals surface area contributed by atoms with E-state index in [4.69, 9.17) is 14.8 Å². The Hall–Kier alpha value is -3.39. The molecule has 2 amide bonds. The number of benzene rings is 2. The number of para-hydroxylation sites is 1. The third-order valence-corrected chi connectivity index (χ3v) is 6.04. The summed E-state index contributed by atoms with van der Waals surface area (Å²) < 4.78 is 7.13. The number of methoxy groups -OCH3 is 1. The van der Waals surface area contributed by atoms with Gasteiger partial charge in [-0.2, -0.15) is 4.98 Å². The number of thiazole rings is 1. The maximum atomic E-state index is 12.6. The average molecular weight is 405 g/mol. The summed E-state index contributed by atoms with van der Waals surface area (Å²) >= 11 is 1.59. The van der Waals surface area contributed by atoms with Crippen LogP contribution in [0, 0.1) is 0 Å². The van der Waals surface area contributed by atoms with Crippen molar-refractivity contribution >= 4 is 28.0 Å². The molecule has 1 N–H and O–H groups in total. The number of urea groups is 1. The van der Waals surface area contributed by atoms with Crippen LogP contribution in [0.25, 0.3) is 16.3 Å². The minimum Gasteiger partial charge on any atom is -0.497 e. The molecule has 0 radical (unpaired) electrons. The Morgan fingerprint density at radius 2 is 1.93 bits per heavy atom. The van der Waals surface area contributed by atoms with Gasteiger partial charge >= 0.3 is 6.03 Å². The molecule has 0 saturated heterocycles. The Morgan fingerprint density at radius 1 is 1.14 bits per heavy atom. The van der Waals surface area contributed by atoms with E-state index in [2.05, 4.69) is 5.32 Å². The van der Waals surface area contributed by atoms with Gasteiger partial charge in [-0.25, -0.2) is 9.31 Å². The fourth-order valence-electron chi connectivity index (χ4n) is 3.45. The molecule has 0 bridgehead atoms. The van der Waals surface area contributed by atoms with Crippen LogP contribution in [0.1, 0.15) is 10.6 Å². The number of nitrogens with one attached hydrogen (secondary N) is 1. The number of aromatic nitrogens is 3. The van der Waals surface area contributed by atoms with Crippen molar-refractivity contribution in [2.45, 2.75) is 13.0 Å². The van der Waals surface area contributed by atoms with E-state index in [-0.39, 0.29) is 6.03 Å². The quantitative estimate of drug-likeness (QED) is 0.558. The molecule has 0 unspecified atom stereocenters. The zero-order valence-electron chi connectivity index (χ0n) is 15.8. The van der Waals surface area contributed by atoms with E-state index in [1.807, 2.05) is 64.0 Å². The molecular formula is C21H19N5O2S. The summed E-state index contributed by atoms with van der Waals surface area (Å²) in [7, 11) is 1.65. The lowest BCUT2D eigenvalue weighted by Crippen LogP contribution is -2.38. The summed E-state index contributed by atoms with van der Waals surface area (Å²) in [5.41, 5.74) is 2.89. The summed E-state index contributed by atoms with van der Waals surface area (Å²) in [5.74, 6) is 1.51. The average Bonchev–Trinajstić information content (AvgIpc) is 3.32. The van der Waals surface area contributed by atoms with E-state index >= 15 is 0 Å². The topological polar surface area (TPSA) is 71.8 Å². The lowest BCUT2D eigenvalue weighted by atomic mass is 10.2. The van der Waals surface area contributed by atoms with Gasteiger partial charge in [-0.1, -0.05) is 29.5 Å². The molecule has 0 fully saturated rings. The number of fused-ring (bicyclic) bond motifs is 3. The van der Waals surface area contributed by atoms with E-state index < -0.39 is 0 Å². The van der Waals surface area contributed by atoms with Gasteiger partial charge in [0.15, 0.2) is 5.82 Å². The fraction of sp³-hybridized carbons (Fsp3) is 0.190. The Morgan fingerprint density at radius 3 is 2.69 bits per heavy atom. The highest BCUT2D eigenvalue weighted by molar-refractivity contribution is 7.17. The summed E-state index contributed by atoms with van der Waals surface area (Å²) in [6, 6.07) is 17.2. The first-order chi connectivity index (χ1) is 14.2. The number of anilines is 1. The Balaban J connectivity index is 1.36. The highest BCUT2D eigenvalue weighted by Crippen LogP contribution is 2.30. The Kier molecular flexibility index (Phi) is 4.40. The minimum absolute atomic E-state index is 0.0835. The largest absolute Gasteiger partial charge is 0.497 e. The monoisotopic (exact) mass is 405 g/mol. The lowest BCUT2D eigenvalue weighted by molar-refractivity contribution is 0.206.